The van der Waals surface area contributed by atoms with E-state index in [1.165, 1.54) is 13.0 Å². The summed E-state index contributed by atoms with van der Waals surface area (Å²) in [4.78, 5) is 46.0. The normalized spacial score (nSPS) is 17.4. The third-order valence-electron chi connectivity index (χ3n) is 5.18. The zero-order valence-electron chi connectivity index (χ0n) is 16.3. The Balaban J connectivity index is 1.87. The standard InChI is InChI=1S/C20H26N4O3/c1-12(2)24-9-7-21-18(24)15-6-5-8-23(11-15)20(27)17-10-16(14(4)25)13(3)22-19(17)26/h7,9-10,12,15H,5-6,8,11H2,1-4H3,(H,22,26)/t15-/m0/s1. The zero-order chi connectivity index (χ0) is 19.7. The number of nitrogens with one attached hydrogen (secondary N) is 1. The number of carbonyl (C=O) groups excluding carboxylic acids is 2. The third kappa shape index (κ3) is 3.72. The van der Waals surface area contributed by atoms with Crippen molar-refractivity contribution in [3.63, 3.8) is 0 Å². The maximum atomic E-state index is 13.0. The summed E-state index contributed by atoms with van der Waals surface area (Å²) in [5, 5.41) is 0. The van der Waals surface area contributed by atoms with Gasteiger partial charge in [-0.25, -0.2) is 4.98 Å². The molecule has 3 rings (SSSR count). The topological polar surface area (TPSA) is 88.1 Å². The molecule has 7 nitrogen and oxygen atoms in total. The lowest BCUT2D eigenvalue weighted by atomic mass is 9.96. The van der Waals surface area contributed by atoms with Crippen molar-refractivity contribution < 1.29 is 9.59 Å². The maximum Gasteiger partial charge on any atom is 0.261 e. The smallest absolute Gasteiger partial charge is 0.261 e. The van der Waals surface area contributed by atoms with Gasteiger partial charge in [0.15, 0.2) is 5.78 Å². The summed E-state index contributed by atoms with van der Waals surface area (Å²) >= 11 is 0. The van der Waals surface area contributed by atoms with Gasteiger partial charge in [-0.2, -0.15) is 0 Å². The van der Waals surface area contributed by atoms with Crippen molar-refractivity contribution in [3.05, 3.63) is 51.5 Å². The molecule has 27 heavy (non-hydrogen) atoms. The van der Waals surface area contributed by atoms with Gasteiger partial charge in [0.2, 0.25) is 0 Å². The largest absolute Gasteiger partial charge is 0.338 e. The van der Waals surface area contributed by atoms with Gasteiger partial charge in [-0.1, -0.05) is 0 Å². The number of pyridine rings is 1. The number of ketones is 1. The maximum absolute atomic E-state index is 13.0. The van der Waals surface area contributed by atoms with Crippen LogP contribution >= 0.6 is 0 Å². The van der Waals surface area contributed by atoms with Crippen LogP contribution in [-0.2, 0) is 0 Å². The predicted octanol–water partition coefficient (Wildman–Crippen LogP) is 2.68. The van der Waals surface area contributed by atoms with E-state index in [1.807, 2.05) is 6.20 Å². The summed E-state index contributed by atoms with van der Waals surface area (Å²) in [5.74, 6) is 0.612. The van der Waals surface area contributed by atoms with Crippen molar-refractivity contribution >= 4 is 11.7 Å². The molecule has 0 unspecified atom stereocenters. The van der Waals surface area contributed by atoms with Gasteiger partial charge < -0.3 is 14.5 Å². The van der Waals surface area contributed by atoms with E-state index in [9.17, 15) is 14.4 Å². The van der Waals surface area contributed by atoms with Gasteiger partial charge in [0.25, 0.3) is 11.5 Å². The van der Waals surface area contributed by atoms with Crippen molar-refractivity contribution in [2.45, 2.75) is 52.5 Å². The number of H-pyrrole nitrogens is 1. The minimum atomic E-state index is -0.451. The Hall–Kier alpha value is -2.70. The number of imidazole rings is 1. The Morgan fingerprint density at radius 3 is 2.70 bits per heavy atom. The molecule has 1 fully saturated rings. The summed E-state index contributed by atoms with van der Waals surface area (Å²) in [6, 6.07) is 1.73. The first-order valence-electron chi connectivity index (χ1n) is 9.36. The van der Waals surface area contributed by atoms with Crippen molar-refractivity contribution in [3.8, 4) is 0 Å². The monoisotopic (exact) mass is 370 g/mol. The molecule has 0 bridgehead atoms. The first kappa shape index (κ1) is 19.1. The molecular weight excluding hydrogens is 344 g/mol. The Morgan fingerprint density at radius 1 is 1.30 bits per heavy atom. The molecule has 0 spiro atoms. The van der Waals surface area contributed by atoms with Crippen molar-refractivity contribution in [2.75, 3.05) is 13.1 Å². The molecule has 1 amide bonds. The van der Waals surface area contributed by atoms with E-state index in [0.717, 1.165) is 18.7 Å². The highest BCUT2D eigenvalue weighted by molar-refractivity contribution is 5.99. The lowest BCUT2D eigenvalue weighted by Gasteiger charge is -2.33. The van der Waals surface area contributed by atoms with Gasteiger partial charge in [-0.3, -0.25) is 14.4 Å². The number of rotatable bonds is 4. The Labute approximate surface area is 158 Å². The molecule has 2 aromatic heterocycles. The van der Waals surface area contributed by atoms with Gasteiger partial charge >= 0.3 is 0 Å². The Kier molecular flexibility index (Phi) is 5.30. The van der Waals surface area contributed by atoms with Crippen LogP contribution in [0.2, 0.25) is 0 Å². The number of amides is 1. The molecule has 1 atom stereocenters. The molecule has 3 heterocycles. The van der Waals surface area contributed by atoms with Gasteiger partial charge in [0.1, 0.15) is 11.4 Å². The molecule has 0 saturated carbocycles. The SMILES string of the molecule is CC(=O)c1cc(C(=O)N2CCC[C@H](c3nccn3C(C)C)C2)c(=O)[nH]c1C. The van der Waals surface area contributed by atoms with Crippen molar-refractivity contribution in [1.29, 1.82) is 0 Å². The highest BCUT2D eigenvalue weighted by Crippen LogP contribution is 2.28. The lowest BCUT2D eigenvalue weighted by molar-refractivity contribution is 0.0701. The lowest BCUT2D eigenvalue weighted by Crippen LogP contribution is -2.42. The van der Waals surface area contributed by atoms with Gasteiger partial charge in [0.05, 0.1) is 0 Å². The minimum Gasteiger partial charge on any atom is -0.338 e. The van der Waals surface area contributed by atoms with Crippen LogP contribution < -0.4 is 5.56 Å². The number of carbonyl (C=O) groups is 2. The van der Waals surface area contributed by atoms with Crippen molar-refractivity contribution in [1.82, 2.24) is 19.4 Å². The number of aryl methyl sites for hydroxylation is 1. The fourth-order valence-electron chi connectivity index (χ4n) is 3.77. The van der Waals surface area contributed by atoms with E-state index < -0.39 is 5.56 Å². The van der Waals surface area contributed by atoms with Crippen LogP contribution in [-0.4, -0.2) is 44.2 Å². The second kappa shape index (κ2) is 7.50. The molecule has 1 aliphatic rings. The number of hydrogen-bond donors (Lipinski definition) is 1. The van der Waals surface area contributed by atoms with E-state index in [1.54, 1.807) is 18.0 Å². The third-order valence-corrected chi connectivity index (χ3v) is 5.18. The Morgan fingerprint density at radius 2 is 2.04 bits per heavy atom. The van der Waals surface area contributed by atoms with Crippen molar-refractivity contribution in [2.24, 2.45) is 0 Å². The zero-order valence-corrected chi connectivity index (χ0v) is 16.3. The average Bonchev–Trinajstić information content (AvgIpc) is 3.11. The van der Waals surface area contributed by atoms with Crippen LogP contribution in [0.5, 0.6) is 0 Å². The quantitative estimate of drug-likeness (QED) is 0.838. The van der Waals surface area contributed by atoms with Gasteiger partial charge in [-0.05, 0) is 46.6 Å². The molecule has 2 aromatic rings. The molecule has 1 saturated heterocycles. The summed E-state index contributed by atoms with van der Waals surface area (Å²) in [5.41, 5.74) is 0.438. The van der Waals surface area contributed by atoms with Crippen LogP contribution in [0.4, 0.5) is 0 Å². The molecule has 0 aromatic carbocycles. The summed E-state index contributed by atoms with van der Waals surface area (Å²) < 4.78 is 2.13. The number of Topliss-reactive ketones (excluding diaryl/α,β-unsaturated/α-hetero) is 1. The predicted molar refractivity (Wildman–Crippen MR) is 102 cm³/mol. The fourth-order valence-corrected chi connectivity index (χ4v) is 3.77. The van der Waals surface area contributed by atoms with E-state index in [2.05, 4.69) is 28.4 Å². The highest BCUT2D eigenvalue weighted by atomic mass is 16.2. The van der Waals surface area contributed by atoms with Gasteiger partial charge in [0, 0.05) is 48.7 Å². The Bertz CT molecular complexity index is 926. The summed E-state index contributed by atoms with van der Waals surface area (Å²) in [7, 11) is 0. The van der Waals surface area contributed by atoms with E-state index in [0.29, 0.717) is 30.4 Å². The summed E-state index contributed by atoms with van der Waals surface area (Å²) in [6.07, 6.45) is 5.56. The van der Waals surface area contributed by atoms with Gasteiger partial charge in [-0.15, -0.1) is 0 Å². The molecule has 1 N–H and O–H groups in total. The van der Waals surface area contributed by atoms with Crippen LogP contribution in [0, 0.1) is 6.92 Å². The molecule has 0 radical (unpaired) electrons. The van der Waals surface area contributed by atoms with Crippen LogP contribution in [0.15, 0.2) is 23.3 Å². The van der Waals surface area contributed by atoms with E-state index in [-0.39, 0.29) is 23.2 Å². The number of aromatic nitrogens is 3. The second-order valence-corrected chi connectivity index (χ2v) is 7.48. The molecule has 144 valence electrons. The first-order chi connectivity index (χ1) is 12.8. The number of aromatic amines is 1. The first-order valence-corrected chi connectivity index (χ1v) is 9.36. The highest BCUT2D eigenvalue weighted by Gasteiger charge is 2.29. The van der Waals surface area contributed by atoms with Crippen LogP contribution in [0.3, 0.4) is 0 Å². The molecular formula is C20H26N4O3. The van der Waals surface area contributed by atoms with Crippen LogP contribution in [0.25, 0.3) is 0 Å². The molecule has 7 heteroatoms. The second-order valence-electron chi connectivity index (χ2n) is 7.48. The molecule has 0 aliphatic carbocycles. The number of hydrogen-bond acceptors (Lipinski definition) is 4. The number of likely N-dealkylation sites (tertiary alicyclic amines) is 1. The van der Waals surface area contributed by atoms with E-state index >= 15 is 0 Å². The number of nitrogens with zero attached hydrogens (tertiary/aromatic N) is 3. The average molecular weight is 370 g/mol. The minimum absolute atomic E-state index is 0.0265. The van der Waals surface area contributed by atoms with Crippen LogP contribution in [0.1, 0.15) is 77.8 Å². The fraction of sp³-hybridized carbons (Fsp3) is 0.500. The molecule has 1 aliphatic heterocycles. The van der Waals surface area contributed by atoms with E-state index in [4.69, 9.17) is 0 Å². The number of piperidine rings is 1. The summed E-state index contributed by atoms with van der Waals surface area (Å²) in [6.45, 7) is 8.41.